The predicted molar refractivity (Wildman–Crippen MR) is 84.2 cm³/mol. The van der Waals surface area contributed by atoms with Crippen molar-refractivity contribution >= 4 is 15.9 Å². The van der Waals surface area contributed by atoms with Gasteiger partial charge in [-0.2, -0.15) is 0 Å². The number of hydrogen-bond acceptors (Lipinski definition) is 4. The monoisotopic (exact) mass is 352 g/mol. The number of benzene rings is 1. The summed E-state index contributed by atoms with van der Waals surface area (Å²) in [6.07, 6.45) is 3.18. The average Bonchev–Trinajstić information content (AvgIpc) is 3.28. The molecule has 0 aliphatic heterocycles. The van der Waals surface area contributed by atoms with Crippen molar-refractivity contribution in [1.82, 2.24) is 9.62 Å². The molecule has 3 rings (SSSR count). The number of amides is 1. The Morgan fingerprint density at radius 2 is 2.12 bits per heavy atom. The number of nitrogens with one attached hydrogen (secondary N) is 1. The summed E-state index contributed by atoms with van der Waals surface area (Å²) < 4.78 is 45.3. The van der Waals surface area contributed by atoms with E-state index in [0.29, 0.717) is 5.76 Å². The molecule has 24 heavy (non-hydrogen) atoms. The van der Waals surface area contributed by atoms with Crippen LogP contribution >= 0.6 is 0 Å². The number of hydrogen-bond donors (Lipinski definition) is 1. The first kappa shape index (κ1) is 16.7. The van der Waals surface area contributed by atoms with Crippen LogP contribution in [0.3, 0.4) is 0 Å². The summed E-state index contributed by atoms with van der Waals surface area (Å²) in [5, 5.41) is 0. The highest BCUT2D eigenvalue weighted by Crippen LogP contribution is 2.30. The van der Waals surface area contributed by atoms with Gasteiger partial charge in [-0.15, -0.1) is 0 Å². The van der Waals surface area contributed by atoms with Crippen LogP contribution in [0.5, 0.6) is 0 Å². The van der Waals surface area contributed by atoms with Crippen molar-refractivity contribution in [3.63, 3.8) is 0 Å². The quantitative estimate of drug-likeness (QED) is 0.864. The molecule has 128 valence electrons. The van der Waals surface area contributed by atoms with Crippen molar-refractivity contribution in [2.24, 2.45) is 0 Å². The smallest absolute Gasteiger partial charge is 0.257 e. The van der Waals surface area contributed by atoms with Crippen LogP contribution in [0.25, 0.3) is 0 Å². The maximum atomic E-state index is 14.1. The molecule has 1 heterocycles. The summed E-state index contributed by atoms with van der Waals surface area (Å²) in [5.74, 6) is -0.700. The van der Waals surface area contributed by atoms with E-state index < -0.39 is 21.7 Å². The van der Waals surface area contributed by atoms with E-state index in [4.69, 9.17) is 4.42 Å². The van der Waals surface area contributed by atoms with E-state index >= 15 is 0 Å². The number of rotatable bonds is 6. The molecule has 6 nitrogen and oxygen atoms in total. The molecular formula is C16H17FN2O4S. The molecule has 0 spiro atoms. The lowest BCUT2D eigenvalue weighted by Gasteiger charge is -2.22. The van der Waals surface area contributed by atoms with Gasteiger partial charge in [0.1, 0.15) is 11.6 Å². The van der Waals surface area contributed by atoms with Crippen molar-refractivity contribution in [3.05, 3.63) is 53.7 Å². The molecule has 0 radical (unpaired) electrons. The Morgan fingerprint density at radius 3 is 2.71 bits per heavy atom. The summed E-state index contributed by atoms with van der Waals surface area (Å²) in [4.78, 5) is 14.1. The van der Waals surface area contributed by atoms with Gasteiger partial charge in [0.05, 0.1) is 23.3 Å². The second kappa shape index (κ2) is 6.37. The van der Waals surface area contributed by atoms with Gasteiger partial charge in [-0.05, 0) is 50.2 Å². The van der Waals surface area contributed by atoms with Crippen molar-refractivity contribution in [1.29, 1.82) is 0 Å². The summed E-state index contributed by atoms with van der Waals surface area (Å²) in [5.41, 5.74) is -0.259. The predicted octanol–water partition coefficient (Wildman–Crippen LogP) is 2.13. The minimum Gasteiger partial charge on any atom is -0.467 e. The van der Waals surface area contributed by atoms with Gasteiger partial charge in [0, 0.05) is 6.04 Å². The summed E-state index contributed by atoms with van der Waals surface area (Å²) >= 11 is 0. The Labute approximate surface area is 139 Å². The first-order valence-electron chi connectivity index (χ1n) is 7.49. The van der Waals surface area contributed by atoms with Gasteiger partial charge < -0.3 is 9.32 Å². The van der Waals surface area contributed by atoms with Gasteiger partial charge in [-0.25, -0.2) is 17.5 Å². The maximum Gasteiger partial charge on any atom is 0.257 e. The SMILES string of the molecule is CNS(=O)(=O)c1ccc(F)c(C(=O)N(Cc2ccco2)C2CC2)c1. The second-order valence-corrected chi connectivity index (χ2v) is 7.48. The zero-order valence-electron chi connectivity index (χ0n) is 13.0. The third kappa shape index (κ3) is 3.34. The van der Waals surface area contributed by atoms with Crippen molar-refractivity contribution < 1.29 is 22.0 Å². The van der Waals surface area contributed by atoms with Crippen LogP contribution in [0.15, 0.2) is 45.9 Å². The molecule has 0 unspecified atom stereocenters. The topological polar surface area (TPSA) is 79.6 Å². The minimum absolute atomic E-state index is 0.0200. The number of carbonyl (C=O) groups is 1. The van der Waals surface area contributed by atoms with Gasteiger partial charge in [-0.1, -0.05) is 0 Å². The Balaban J connectivity index is 1.94. The highest BCUT2D eigenvalue weighted by Gasteiger charge is 2.35. The van der Waals surface area contributed by atoms with Crippen LogP contribution in [-0.4, -0.2) is 32.3 Å². The highest BCUT2D eigenvalue weighted by atomic mass is 32.2. The molecule has 0 atom stereocenters. The third-order valence-electron chi connectivity index (χ3n) is 3.90. The van der Waals surface area contributed by atoms with Crippen molar-refractivity contribution in [2.75, 3.05) is 7.05 Å². The summed E-state index contributed by atoms with van der Waals surface area (Å²) in [6, 6.07) is 6.67. The standard InChI is InChI=1S/C16H17FN2O4S/c1-18-24(21,22)13-6-7-15(17)14(9-13)16(20)19(11-4-5-11)10-12-3-2-8-23-12/h2-3,6-9,11,18H,4-5,10H2,1H3. The first-order chi connectivity index (χ1) is 11.4. The van der Waals surface area contributed by atoms with Crippen LogP contribution < -0.4 is 4.72 Å². The molecule has 1 fully saturated rings. The highest BCUT2D eigenvalue weighted by molar-refractivity contribution is 7.89. The third-order valence-corrected chi connectivity index (χ3v) is 5.31. The number of furan rings is 1. The lowest BCUT2D eigenvalue weighted by Crippen LogP contribution is -2.33. The Hall–Kier alpha value is -2.19. The van der Waals surface area contributed by atoms with E-state index in [1.54, 1.807) is 12.1 Å². The molecule has 1 saturated carbocycles. The number of nitrogens with zero attached hydrogens (tertiary/aromatic N) is 1. The van der Waals surface area contributed by atoms with E-state index in [9.17, 15) is 17.6 Å². The van der Waals surface area contributed by atoms with Crippen LogP contribution in [-0.2, 0) is 16.6 Å². The summed E-state index contributed by atoms with van der Waals surface area (Å²) in [7, 11) is -2.50. The van der Waals surface area contributed by atoms with Gasteiger partial charge >= 0.3 is 0 Å². The first-order valence-corrected chi connectivity index (χ1v) is 8.97. The van der Waals surface area contributed by atoms with Gasteiger partial charge in [-0.3, -0.25) is 4.79 Å². The van der Waals surface area contributed by atoms with Crippen LogP contribution in [0.1, 0.15) is 29.0 Å². The van der Waals surface area contributed by atoms with Crippen LogP contribution in [0.2, 0.25) is 0 Å². The van der Waals surface area contributed by atoms with Gasteiger partial charge in [0.25, 0.3) is 5.91 Å². The Morgan fingerprint density at radius 1 is 1.38 bits per heavy atom. The maximum absolute atomic E-state index is 14.1. The minimum atomic E-state index is -3.76. The molecule has 0 bridgehead atoms. The fourth-order valence-electron chi connectivity index (χ4n) is 2.43. The second-order valence-electron chi connectivity index (χ2n) is 5.59. The van der Waals surface area contributed by atoms with E-state index in [0.717, 1.165) is 31.0 Å². The Kier molecular flexibility index (Phi) is 4.42. The molecule has 1 aromatic carbocycles. The molecule has 1 aliphatic carbocycles. The Bertz CT molecular complexity index is 845. The van der Waals surface area contributed by atoms with Gasteiger partial charge in [0.15, 0.2) is 0 Å². The van der Waals surface area contributed by atoms with Crippen LogP contribution in [0.4, 0.5) is 4.39 Å². The number of halogens is 1. The number of sulfonamides is 1. The zero-order chi connectivity index (χ0) is 17.3. The molecule has 2 aromatic rings. The molecule has 1 aliphatic rings. The lowest BCUT2D eigenvalue weighted by atomic mass is 10.1. The number of carbonyl (C=O) groups excluding carboxylic acids is 1. The normalized spacial score (nSPS) is 14.6. The molecular weight excluding hydrogens is 335 g/mol. The van der Waals surface area contributed by atoms with E-state index in [-0.39, 0.29) is 23.0 Å². The molecule has 1 amide bonds. The molecule has 1 aromatic heterocycles. The van der Waals surface area contributed by atoms with Gasteiger partial charge in [0.2, 0.25) is 10.0 Å². The average molecular weight is 352 g/mol. The summed E-state index contributed by atoms with van der Waals surface area (Å²) in [6.45, 7) is 0.221. The van der Waals surface area contributed by atoms with E-state index in [1.807, 2.05) is 0 Å². The van der Waals surface area contributed by atoms with E-state index in [1.165, 1.54) is 18.2 Å². The van der Waals surface area contributed by atoms with Crippen molar-refractivity contribution in [2.45, 2.75) is 30.3 Å². The lowest BCUT2D eigenvalue weighted by molar-refractivity contribution is 0.0712. The van der Waals surface area contributed by atoms with Crippen molar-refractivity contribution in [3.8, 4) is 0 Å². The molecule has 1 N–H and O–H groups in total. The molecule has 8 heteroatoms. The van der Waals surface area contributed by atoms with Crippen LogP contribution in [0, 0.1) is 5.82 Å². The fourth-order valence-corrected chi connectivity index (χ4v) is 3.19. The largest absolute Gasteiger partial charge is 0.467 e. The molecule has 0 saturated heterocycles. The van der Waals surface area contributed by atoms with E-state index in [2.05, 4.69) is 4.72 Å². The fraction of sp³-hybridized carbons (Fsp3) is 0.312. The zero-order valence-corrected chi connectivity index (χ0v) is 13.8.